The summed E-state index contributed by atoms with van der Waals surface area (Å²) in [6.07, 6.45) is 0. The van der Waals surface area contributed by atoms with Crippen molar-refractivity contribution in [3.8, 4) is 0 Å². The maximum atomic E-state index is 11.8. The van der Waals surface area contributed by atoms with E-state index in [0.717, 1.165) is 15.7 Å². The maximum Gasteiger partial charge on any atom is 0.243 e. The molecule has 1 aromatic rings. The molecule has 0 saturated carbocycles. The Morgan fingerprint density at radius 1 is 1.37 bits per heavy atom. The molecule has 0 atom stereocenters. The van der Waals surface area contributed by atoms with Crippen LogP contribution in [0, 0.1) is 6.92 Å². The van der Waals surface area contributed by atoms with Crippen LogP contribution in [-0.4, -0.2) is 43.9 Å². The van der Waals surface area contributed by atoms with E-state index in [0.29, 0.717) is 0 Å². The van der Waals surface area contributed by atoms with Crippen LogP contribution in [0.1, 0.15) is 5.56 Å². The number of hydrogen-bond acceptors (Lipinski definition) is 3. The van der Waals surface area contributed by atoms with E-state index < -0.39 is 0 Å². The van der Waals surface area contributed by atoms with Gasteiger partial charge in [-0.2, -0.15) is 0 Å². The first-order valence-electron chi connectivity index (χ1n) is 5.88. The summed E-state index contributed by atoms with van der Waals surface area (Å²) < 4.78 is 0.962. The Bertz CT molecular complexity index is 477. The molecule has 0 heterocycles. The number of nitrogens with zero attached hydrogens (tertiary/aromatic N) is 1. The Labute approximate surface area is 121 Å². The number of likely N-dealkylation sites (N-methyl/N-ethyl adjacent to an activating group) is 2. The third-order valence-corrected chi connectivity index (χ3v) is 3.09. The Morgan fingerprint density at radius 3 is 2.63 bits per heavy atom. The van der Waals surface area contributed by atoms with Crippen molar-refractivity contribution in [3.63, 3.8) is 0 Å². The van der Waals surface area contributed by atoms with Gasteiger partial charge in [-0.25, -0.2) is 0 Å². The van der Waals surface area contributed by atoms with Crippen LogP contribution in [0.4, 0.5) is 5.69 Å². The summed E-state index contributed by atoms with van der Waals surface area (Å²) in [5.74, 6) is -0.331. The van der Waals surface area contributed by atoms with Crippen molar-refractivity contribution in [1.82, 2.24) is 10.2 Å². The number of hydrogen-bond donors (Lipinski definition) is 2. The maximum absolute atomic E-state index is 11.8. The van der Waals surface area contributed by atoms with Crippen LogP contribution in [0.5, 0.6) is 0 Å². The molecule has 19 heavy (non-hydrogen) atoms. The molecule has 0 bridgehead atoms. The molecule has 0 aliphatic carbocycles. The summed E-state index contributed by atoms with van der Waals surface area (Å²) in [6, 6.07) is 5.61. The van der Waals surface area contributed by atoms with Gasteiger partial charge in [0.15, 0.2) is 0 Å². The van der Waals surface area contributed by atoms with E-state index in [1.54, 1.807) is 14.1 Å². The molecule has 5 nitrogen and oxygen atoms in total. The van der Waals surface area contributed by atoms with Crippen molar-refractivity contribution in [1.29, 1.82) is 0 Å². The molecular weight excluding hydrogens is 310 g/mol. The van der Waals surface area contributed by atoms with Gasteiger partial charge in [0.05, 0.1) is 13.1 Å². The number of rotatable bonds is 5. The highest BCUT2D eigenvalue weighted by Crippen LogP contribution is 2.19. The molecule has 0 aromatic heterocycles. The van der Waals surface area contributed by atoms with Crippen molar-refractivity contribution < 1.29 is 9.59 Å². The molecule has 0 aliphatic rings. The van der Waals surface area contributed by atoms with Crippen LogP contribution >= 0.6 is 15.9 Å². The molecule has 1 aromatic carbocycles. The number of amides is 2. The van der Waals surface area contributed by atoms with Crippen LogP contribution in [0.3, 0.4) is 0 Å². The summed E-state index contributed by atoms with van der Waals surface area (Å²) in [7, 11) is 3.30. The van der Waals surface area contributed by atoms with Crippen LogP contribution in [0.15, 0.2) is 22.7 Å². The van der Waals surface area contributed by atoms with Gasteiger partial charge in [0, 0.05) is 17.2 Å². The first-order chi connectivity index (χ1) is 8.93. The Balaban J connectivity index is 2.58. The summed E-state index contributed by atoms with van der Waals surface area (Å²) in [5, 5.41) is 5.55. The van der Waals surface area contributed by atoms with Gasteiger partial charge in [0.2, 0.25) is 11.8 Å². The number of halogens is 1. The van der Waals surface area contributed by atoms with Crippen molar-refractivity contribution in [2.75, 3.05) is 32.5 Å². The van der Waals surface area contributed by atoms with Gasteiger partial charge in [-0.3, -0.25) is 9.59 Å². The van der Waals surface area contributed by atoms with Crippen LogP contribution in [0.2, 0.25) is 0 Å². The van der Waals surface area contributed by atoms with Crippen LogP contribution in [0.25, 0.3) is 0 Å². The largest absolute Gasteiger partial charge is 0.335 e. The van der Waals surface area contributed by atoms with Crippen molar-refractivity contribution >= 4 is 33.4 Å². The highest BCUT2D eigenvalue weighted by molar-refractivity contribution is 9.10. The molecular formula is C13H18BrN3O2. The number of benzene rings is 1. The number of carbonyl (C=O) groups excluding carboxylic acids is 2. The number of aryl methyl sites for hydroxylation is 1. The zero-order valence-corrected chi connectivity index (χ0v) is 12.9. The zero-order valence-electron chi connectivity index (χ0n) is 11.3. The van der Waals surface area contributed by atoms with E-state index in [4.69, 9.17) is 0 Å². The van der Waals surface area contributed by atoms with Gasteiger partial charge >= 0.3 is 0 Å². The number of nitrogens with one attached hydrogen (secondary N) is 2. The molecule has 0 unspecified atom stereocenters. The summed E-state index contributed by atoms with van der Waals surface area (Å²) >= 11 is 3.37. The number of anilines is 1. The van der Waals surface area contributed by atoms with E-state index in [2.05, 4.69) is 26.6 Å². The molecule has 1 rings (SSSR count). The van der Waals surface area contributed by atoms with Gasteiger partial charge in [0.25, 0.3) is 0 Å². The van der Waals surface area contributed by atoms with E-state index >= 15 is 0 Å². The monoisotopic (exact) mass is 327 g/mol. The summed E-state index contributed by atoms with van der Waals surface area (Å²) in [6.45, 7) is 2.17. The fraction of sp³-hybridized carbons (Fsp3) is 0.385. The molecule has 104 valence electrons. The van der Waals surface area contributed by atoms with E-state index in [1.165, 1.54) is 4.90 Å². The van der Waals surface area contributed by atoms with Gasteiger partial charge in [-0.1, -0.05) is 15.9 Å². The highest BCUT2D eigenvalue weighted by Gasteiger charge is 2.12. The second kappa shape index (κ2) is 7.25. The SMILES string of the molecule is CNCC(=O)N(C)CC(=O)Nc1ccc(Br)cc1C. The Hall–Kier alpha value is -1.40. The molecule has 0 spiro atoms. The third kappa shape index (κ3) is 5.00. The van der Waals surface area contributed by atoms with Crippen LogP contribution in [-0.2, 0) is 9.59 Å². The van der Waals surface area contributed by atoms with Crippen molar-refractivity contribution in [3.05, 3.63) is 28.2 Å². The lowest BCUT2D eigenvalue weighted by Gasteiger charge is -2.17. The molecule has 6 heteroatoms. The Morgan fingerprint density at radius 2 is 2.05 bits per heavy atom. The molecule has 2 N–H and O–H groups in total. The highest BCUT2D eigenvalue weighted by atomic mass is 79.9. The van der Waals surface area contributed by atoms with Gasteiger partial charge in [-0.15, -0.1) is 0 Å². The minimum atomic E-state index is -0.211. The van der Waals surface area contributed by atoms with E-state index in [-0.39, 0.29) is 24.9 Å². The van der Waals surface area contributed by atoms with Crippen molar-refractivity contribution in [2.24, 2.45) is 0 Å². The molecule has 0 aliphatic heterocycles. The standard InChI is InChI=1S/C13H18BrN3O2/c1-9-6-10(14)4-5-11(9)16-12(18)8-17(3)13(19)7-15-2/h4-6,15H,7-8H2,1-3H3,(H,16,18). The fourth-order valence-electron chi connectivity index (χ4n) is 1.55. The lowest BCUT2D eigenvalue weighted by Crippen LogP contribution is -2.39. The first-order valence-corrected chi connectivity index (χ1v) is 6.68. The topological polar surface area (TPSA) is 61.4 Å². The second-order valence-corrected chi connectivity index (χ2v) is 5.20. The second-order valence-electron chi connectivity index (χ2n) is 4.29. The predicted molar refractivity (Wildman–Crippen MR) is 79.1 cm³/mol. The quantitative estimate of drug-likeness (QED) is 0.858. The molecule has 2 amide bonds. The van der Waals surface area contributed by atoms with Crippen molar-refractivity contribution in [2.45, 2.75) is 6.92 Å². The molecule has 0 saturated heterocycles. The number of carbonyl (C=O) groups is 2. The lowest BCUT2D eigenvalue weighted by atomic mass is 10.2. The van der Waals surface area contributed by atoms with Gasteiger partial charge < -0.3 is 15.5 Å². The van der Waals surface area contributed by atoms with E-state index in [1.807, 2.05) is 25.1 Å². The normalized spacial score (nSPS) is 10.1. The fourth-order valence-corrected chi connectivity index (χ4v) is 2.02. The summed E-state index contributed by atoms with van der Waals surface area (Å²) in [4.78, 5) is 24.7. The molecule has 0 fully saturated rings. The first kappa shape index (κ1) is 15.7. The van der Waals surface area contributed by atoms with Gasteiger partial charge in [-0.05, 0) is 37.7 Å². The minimum Gasteiger partial charge on any atom is -0.335 e. The predicted octanol–water partition coefficient (Wildman–Crippen LogP) is 1.37. The smallest absolute Gasteiger partial charge is 0.243 e. The zero-order chi connectivity index (χ0) is 14.4. The average molecular weight is 328 g/mol. The minimum absolute atomic E-state index is 0.0377. The lowest BCUT2D eigenvalue weighted by molar-refractivity contribution is -0.132. The molecule has 0 radical (unpaired) electrons. The van der Waals surface area contributed by atoms with Crippen LogP contribution < -0.4 is 10.6 Å². The third-order valence-electron chi connectivity index (χ3n) is 2.60. The Kier molecular flexibility index (Phi) is 5.98. The van der Waals surface area contributed by atoms with E-state index in [9.17, 15) is 9.59 Å². The summed E-state index contributed by atoms with van der Waals surface area (Å²) in [5.41, 5.74) is 1.72. The van der Waals surface area contributed by atoms with Gasteiger partial charge in [0.1, 0.15) is 0 Å². The average Bonchev–Trinajstić information content (AvgIpc) is 2.33.